The SMILES string of the molecule is CC(C)C(C(=O)O)S(=O)Cc1cccc(Cl)c1. The topological polar surface area (TPSA) is 54.4 Å². The normalized spacial score (nSPS) is 14.6. The summed E-state index contributed by atoms with van der Waals surface area (Å²) in [6.45, 7) is 3.52. The summed E-state index contributed by atoms with van der Waals surface area (Å²) in [5, 5.41) is 8.75. The quantitative estimate of drug-likeness (QED) is 0.898. The lowest BCUT2D eigenvalue weighted by Crippen LogP contribution is -2.31. The zero-order valence-corrected chi connectivity index (χ0v) is 11.3. The van der Waals surface area contributed by atoms with Crippen molar-refractivity contribution in [2.75, 3.05) is 0 Å². The fourth-order valence-corrected chi connectivity index (χ4v) is 3.31. The van der Waals surface area contributed by atoms with Crippen LogP contribution in [0.2, 0.25) is 5.02 Å². The van der Waals surface area contributed by atoms with Gasteiger partial charge in [0.05, 0.1) is 0 Å². The monoisotopic (exact) mass is 274 g/mol. The molecule has 3 nitrogen and oxygen atoms in total. The number of hydrogen-bond donors (Lipinski definition) is 1. The van der Waals surface area contributed by atoms with Gasteiger partial charge in [-0.25, -0.2) is 0 Å². The Morgan fingerprint density at radius 1 is 1.47 bits per heavy atom. The van der Waals surface area contributed by atoms with Crippen molar-refractivity contribution in [2.24, 2.45) is 5.92 Å². The van der Waals surface area contributed by atoms with E-state index in [9.17, 15) is 9.00 Å². The van der Waals surface area contributed by atoms with Crippen LogP contribution in [-0.2, 0) is 21.3 Å². The molecule has 0 aliphatic rings. The molecule has 0 heterocycles. The van der Waals surface area contributed by atoms with Crippen LogP contribution in [0.3, 0.4) is 0 Å². The van der Waals surface area contributed by atoms with Crippen molar-refractivity contribution >= 4 is 28.4 Å². The van der Waals surface area contributed by atoms with Crippen LogP contribution in [-0.4, -0.2) is 20.5 Å². The van der Waals surface area contributed by atoms with E-state index in [-0.39, 0.29) is 11.7 Å². The smallest absolute Gasteiger partial charge is 0.319 e. The van der Waals surface area contributed by atoms with Crippen LogP contribution in [0, 0.1) is 5.92 Å². The third-order valence-electron chi connectivity index (χ3n) is 2.33. The number of hydrogen-bond acceptors (Lipinski definition) is 2. The highest BCUT2D eigenvalue weighted by Crippen LogP contribution is 2.17. The molecule has 0 spiro atoms. The molecule has 2 unspecified atom stereocenters. The minimum atomic E-state index is -1.44. The molecule has 94 valence electrons. The maximum absolute atomic E-state index is 12.0. The molecule has 0 aliphatic carbocycles. The first-order valence-electron chi connectivity index (χ1n) is 5.26. The zero-order chi connectivity index (χ0) is 13.0. The van der Waals surface area contributed by atoms with E-state index in [1.165, 1.54) is 0 Å². The lowest BCUT2D eigenvalue weighted by molar-refractivity contribution is -0.137. The Labute approximate surface area is 108 Å². The second kappa shape index (κ2) is 6.17. The van der Waals surface area contributed by atoms with Crippen molar-refractivity contribution in [2.45, 2.75) is 24.9 Å². The molecule has 1 aromatic rings. The predicted octanol–water partition coefficient (Wildman–Crippen LogP) is 2.70. The maximum Gasteiger partial charge on any atom is 0.319 e. The van der Waals surface area contributed by atoms with Gasteiger partial charge in [0.25, 0.3) is 0 Å². The van der Waals surface area contributed by atoms with Crippen LogP contribution in [0.1, 0.15) is 19.4 Å². The number of aliphatic carboxylic acids is 1. The van der Waals surface area contributed by atoms with Gasteiger partial charge in [0, 0.05) is 21.6 Å². The summed E-state index contributed by atoms with van der Waals surface area (Å²) in [6, 6.07) is 6.99. The van der Waals surface area contributed by atoms with E-state index in [0.29, 0.717) is 5.02 Å². The van der Waals surface area contributed by atoms with Crippen molar-refractivity contribution in [1.29, 1.82) is 0 Å². The van der Waals surface area contributed by atoms with Gasteiger partial charge in [0.15, 0.2) is 0 Å². The van der Waals surface area contributed by atoms with E-state index in [4.69, 9.17) is 16.7 Å². The molecule has 1 rings (SSSR count). The van der Waals surface area contributed by atoms with E-state index >= 15 is 0 Å². The number of halogens is 1. The zero-order valence-electron chi connectivity index (χ0n) is 9.72. The lowest BCUT2D eigenvalue weighted by atomic mass is 10.1. The van der Waals surface area contributed by atoms with Crippen LogP contribution in [0.4, 0.5) is 0 Å². The molecule has 2 atom stereocenters. The lowest BCUT2D eigenvalue weighted by Gasteiger charge is -2.15. The first-order chi connectivity index (χ1) is 7.91. The molecule has 0 aliphatic heterocycles. The molecule has 0 fully saturated rings. The minimum absolute atomic E-state index is 0.160. The number of benzene rings is 1. The first-order valence-corrected chi connectivity index (χ1v) is 7.02. The largest absolute Gasteiger partial charge is 0.480 e. The predicted molar refractivity (Wildman–Crippen MR) is 69.6 cm³/mol. The first kappa shape index (κ1) is 14.2. The highest BCUT2D eigenvalue weighted by atomic mass is 35.5. The van der Waals surface area contributed by atoms with Crippen molar-refractivity contribution in [3.05, 3.63) is 34.9 Å². The second-order valence-electron chi connectivity index (χ2n) is 4.16. The van der Waals surface area contributed by atoms with Gasteiger partial charge in [-0.2, -0.15) is 0 Å². The van der Waals surface area contributed by atoms with Crippen LogP contribution in [0.15, 0.2) is 24.3 Å². The van der Waals surface area contributed by atoms with Gasteiger partial charge in [-0.05, 0) is 23.6 Å². The summed E-state index contributed by atoms with van der Waals surface area (Å²) < 4.78 is 12.0. The van der Waals surface area contributed by atoms with E-state index in [1.807, 2.05) is 0 Å². The summed E-state index contributed by atoms with van der Waals surface area (Å²) in [4.78, 5) is 11.0. The van der Waals surface area contributed by atoms with Crippen LogP contribution >= 0.6 is 11.6 Å². The van der Waals surface area contributed by atoms with E-state index in [1.54, 1.807) is 38.1 Å². The molecule has 0 saturated heterocycles. The van der Waals surface area contributed by atoms with Gasteiger partial charge in [-0.15, -0.1) is 0 Å². The van der Waals surface area contributed by atoms with Crippen molar-refractivity contribution in [3.63, 3.8) is 0 Å². The Bertz CT molecular complexity index is 432. The van der Waals surface area contributed by atoms with Crippen molar-refractivity contribution in [3.8, 4) is 0 Å². The summed E-state index contributed by atoms with van der Waals surface area (Å²) in [5.74, 6) is -0.955. The molecule has 5 heteroatoms. The molecule has 0 aromatic heterocycles. The van der Waals surface area contributed by atoms with E-state index in [2.05, 4.69) is 0 Å². The van der Waals surface area contributed by atoms with Gasteiger partial charge >= 0.3 is 5.97 Å². The third-order valence-corrected chi connectivity index (χ3v) is 4.50. The summed E-state index contributed by atoms with van der Waals surface area (Å²) in [6.07, 6.45) is 0. The van der Waals surface area contributed by atoms with Crippen LogP contribution < -0.4 is 0 Å². The number of rotatable bonds is 5. The standard InChI is InChI=1S/C12H15ClO3S/c1-8(2)11(12(14)15)17(16)7-9-4-3-5-10(13)6-9/h3-6,8,11H,7H2,1-2H3,(H,14,15). The van der Waals surface area contributed by atoms with Gasteiger partial charge in [-0.3, -0.25) is 9.00 Å². The molecular formula is C12H15ClO3S. The van der Waals surface area contributed by atoms with Crippen LogP contribution in [0.25, 0.3) is 0 Å². The fourth-order valence-electron chi connectivity index (χ4n) is 1.58. The highest BCUT2D eigenvalue weighted by Gasteiger charge is 2.28. The van der Waals surface area contributed by atoms with Gasteiger partial charge in [0.1, 0.15) is 5.25 Å². The Kier molecular flexibility index (Phi) is 5.15. The Morgan fingerprint density at radius 2 is 2.12 bits per heavy atom. The Balaban J connectivity index is 2.81. The number of carboxylic acid groups (broad SMARTS) is 1. The minimum Gasteiger partial charge on any atom is -0.480 e. The number of carboxylic acids is 1. The molecule has 0 amide bonds. The molecule has 17 heavy (non-hydrogen) atoms. The van der Waals surface area contributed by atoms with Gasteiger partial charge < -0.3 is 5.11 Å². The van der Waals surface area contributed by atoms with Crippen molar-refractivity contribution in [1.82, 2.24) is 0 Å². The molecule has 1 aromatic carbocycles. The Hall–Kier alpha value is -0.870. The maximum atomic E-state index is 12.0. The molecule has 0 saturated carbocycles. The average molecular weight is 275 g/mol. The average Bonchev–Trinajstić information content (AvgIpc) is 2.15. The second-order valence-corrected chi connectivity index (χ2v) is 6.15. The highest BCUT2D eigenvalue weighted by molar-refractivity contribution is 7.85. The molecular weight excluding hydrogens is 260 g/mol. The molecule has 1 N–H and O–H groups in total. The van der Waals surface area contributed by atoms with Crippen LogP contribution in [0.5, 0.6) is 0 Å². The number of carbonyl (C=O) groups is 1. The summed E-state index contributed by atoms with van der Waals surface area (Å²) in [7, 11) is -1.44. The summed E-state index contributed by atoms with van der Waals surface area (Å²) in [5.41, 5.74) is 0.794. The van der Waals surface area contributed by atoms with Gasteiger partial charge in [-0.1, -0.05) is 37.6 Å². The molecule has 0 radical (unpaired) electrons. The summed E-state index contributed by atoms with van der Waals surface area (Å²) >= 11 is 5.82. The van der Waals surface area contributed by atoms with Gasteiger partial charge in [0.2, 0.25) is 0 Å². The van der Waals surface area contributed by atoms with E-state index in [0.717, 1.165) is 5.56 Å². The fraction of sp³-hybridized carbons (Fsp3) is 0.417. The van der Waals surface area contributed by atoms with Crippen molar-refractivity contribution < 1.29 is 14.1 Å². The Morgan fingerprint density at radius 3 is 2.59 bits per heavy atom. The molecule has 0 bridgehead atoms. The van der Waals surface area contributed by atoms with E-state index < -0.39 is 22.0 Å². The third kappa shape index (κ3) is 4.13.